The number of amides is 1. The van der Waals surface area contributed by atoms with Gasteiger partial charge < -0.3 is 15.1 Å². The van der Waals surface area contributed by atoms with E-state index in [-0.39, 0.29) is 5.91 Å². The van der Waals surface area contributed by atoms with Crippen LogP contribution < -0.4 is 10.2 Å². The fraction of sp³-hybridized carbons (Fsp3) is 0.304. The van der Waals surface area contributed by atoms with Gasteiger partial charge in [-0.2, -0.15) is 0 Å². The van der Waals surface area contributed by atoms with E-state index in [0.717, 1.165) is 47.0 Å². The molecule has 154 valence electrons. The number of aryl methyl sites for hydroxylation is 3. The largest absolute Gasteiger partial charge is 0.352 e. The highest BCUT2D eigenvalue weighted by atomic mass is 16.2. The molecule has 0 bridgehead atoms. The van der Waals surface area contributed by atoms with Crippen LogP contribution in [0.3, 0.4) is 0 Å². The lowest BCUT2D eigenvalue weighted by molar-refractivity contribution is 0.0745. The third-order valence-electron chi connectivity index (χ3n) is 5.33. The van der Waals surface area contributed by atoms with Crippen molar-refractivity contribution in [3.8, 4) is 0 Å². The maximum atomic E-state index is 12.9. The van der Waals surface area contributed by atoms with E-state index in [1.165, 1.54) is 0 Å². The number of piperazine rings is 1. The number of nitrogens with one attached hydrogen (secondary N) is 1. The number of anilines is 3. The van der Waals surface area contributed by atoms with Gasteiger partial charge in [0, 0.05) is 37.9 Å². The molecule has 3 heterocycles. The zero-order valence-corrected chi connectivity index (χ0v) is 17.6. The summed E-state index contributed by atoms with van der Waals surface area (Å²) in [5.41, 5.74) is 4.03. The Morgan fingerprint density at radius 1 is 0.867 bits per heavy atom. The Labute approximate surface area is 176 Å². The molecule has 1 aliphatic rings. The summed E-state index contributed by atoms with van der Waals surface area (Å²) in [7, 11) is 0. The fourth-order valence-electron chi connectivity index (χ4n) is 3.51. The number of pyridine rings is 1. The minimum absolute atomic E-state index is 0.104. The highest BCUT2D eigenvalue weighted by molar-refractivity contribution is 5.96. The van der Waals surface area contributed by atoms with Gasteiger partial charge in [-0.3, -0.25) is 4.79 Å². The summed E-state index contributed by atoms with van der Waals surface area (Å²) in [5.74, 6) is 2.31. The molecule has 1 aromatic carbocycles. The second-order valence-electron chi connectivity index (χ2n) is 7.72. The summed E-state index contributed by atoms with van der Waals surface area (Å²) in [6.45, 7) is 8.80. The Hall–Kier alpha value is -3.48. The molecule has 0 spiro atoms. The second-order valence-corrected chi connectivity index (χ2v) is 7.72. The number of rotatable bonds is 4. The Balaban J connectivity index is 1.36. The summed E-state index contributed by atoms with van der Waals surface area (Å²) in [4.78, 5) is 21.3. The highest BCUT2D eigenvalue weighted by Crippen LogP contribution is 2.19. The van der Waals surface area contributed by atoms with Crippen LogP contribution in [0.5, 0.6) is 0 Å². The van der Waals surface area contributed by atoms with Gasteiger partial charge in [-0.25, -0.2) is 4.98 Å². The molecular weight excluding hydrogens is 376 g/mol. The zero-order valence-electron chi connectivity index (χ0n) is 17.6. The van der Waals surface area contributed by atoms with E-state index in [9.17, 15) is 4.79 Å². The predicted octanol–water partition coefficient (Wildman–Crippen LogP) is 3.50. The second kappa shape index (κ2) is 8.49. The van der Waals surface area contributed by atoms with Crippen LogP contribution in [0, 0.1) is 20.8 Å². The number of hydrogen-bond acceptors (Lipinski definition) is 6. The molecule has 2 aromatic heterocycles. The van der Waals surface area contributed by atoms with Gasteiger partial charge in [0.05, 0.1) is 0 Å². The zero-order chi connectivity index (χ0) is 21.1. The van der Waals surface area contributed by atoms with Crippen molar-refractivity contribution in [3.05, 3.63) is 70.9 Å². The van der Waals surface area contributed by atoms with E-state index in [1.807, 2.05) is 74.3 Å². The number of nitrogens with zero attached hydrogens (tertiary/aromatic N) is 5. The van der Waals surface area contributed by atoms with Gasteiger partial charge >= 0.3 is 0 Å². The van der Waals surface area contributed by atoms with Crippen LogP contribution in [0.2, 0.25) is 0 Å². The van der Waals surface area contributed by atoms with E-state index in [2.05, 4.69) is 25.4 Å². The Kier molecular flexibility index (Phi) is 5.61. The standard InChI is InChI=1S/C23H26N6O/c1-16-4-6-18(3)19(14-16)23(30)29-12-10-28(11-13-29)22-9-8-21(26-27-22)25-20-7-5-17(2)15-24-20/h4-9,14-15H,10-13H2,1-3H3,(H,24,25,26). The Morgan fingerprint density at radius 2 is 1.60 bits per heavy atom. The lowest BCUT2D eigenvalue weighted by Crippen LogP contribution is -2.49. The molecule has 4 rings (SSSR count). The molecule has 7 nitrogen and oxygen atoms in total. The van der Waals surface area contributed by atoms with Gasteiger partial charge in [0.25, 0.3) is 5.91 Å². The van der Waals surface area contributed by atoms with E-state index < -0.39 is 0 Å². The van der Waals surface area contributed by atoms with Crippen LogP contribution in [0.4, 0.5) is 17.5 Å². The van der Waals surface area contributed by atoms with Gasteiger partial charge in [-0.1, -0.05) is 23.8 Å². The molecule has 1 saturated heterocycles. The minimum atomic E-state index is 0.104. The summed E-state index contributed by atoms with van der Waals surface area (Å²) in [5, 5.41) is 11.8. The Morgan fingerprint density at radius 3 is 2.27 bits per heavy atom. The van der Waals surface area contributed by atoms with Gasteiger partial charge in [-0.15, -0.1) is 10.2 Å². The van der Waals surface area contributed by atoms with E-state index in [1.54, 1.807) is 0 Å². The number of hydrogen-bond donors (Lipinski definition) is 1. The molecule has 3 aromatic rings. The molecule has 30 heavy (non-hydrogen) atoms. The maximum Gasteiger partial charge on any atom is 0.254 e. The van der Waals surface area contributed by atoms with Crippen molar-refractivity contribution in [3.63, 3.8) is 0 Å². The van der Waals surface area contributed by atoms with E-state index >= 15 is 0 Å². The van der Waals surface area contributed by atoms with Gasteiger partial charge in [0.1, 0.15) is 5.82 Å². The third kappa shape index (κ3) is 4.40. The molecule has 0 radical (unpaired) electrons. The lowest BCUT2D eigenvalue weighted by Gasteiger charge is -2.35. The molecule has 0 aliphatic carbocycles. The normalized spacial score (nSPS) is 14.0. The summed E-state index contributed by atoms with van der Waals surface area (Å²) in [6.07, 6.45) is 1.81. The van der Waals surface area contributed by atoms with Crippen LogP contribution in [-0.4, -0.2) is 52.2 Å². The number of aromatic nitrogens is 3. The Bertz CT molecular complexity index is 1020. The van der Waals surface area contributed by atoms with Crippen molar-refractivity contribution in [1.29, 1.82) is 0 Å². The van der Waals surface area contributed by atoms with E-state index in [0.29, 0.717) is 18.9 Å². The number of benzene rings is 1. The minimum Gasteiger partial charge on any atom is -0.352 e. The molecule has 1 aliphatic heterocycles. The lowest BCUT2D eigenvalue weighted by atomic mass is 10.0. The smallest absolute Gasteiger partial charge is 0.254 e. The molecule has 0 atom stereocenters. The first-order valence-corrected chi connectivity index (χ1v) is 10.1. The first-order chi connectivity index (χ1) is 14.5. The third-order valence-corrected chi connectivity index (χ3v) is 5.33. The summed E-state index contributed by atoms with van der Waals surface area (Å²) in [6, 6.07) is 13.8. The van der Waals surface area contributed by atoms with Crippen molar-refractivity contribution >= 4 is 23.4 Å². The van der Waals surface area contributed by atoms with Gasteiger partial charge in [0.2, 0.25) is 0 Å². The highest BCUT2D eigenvalue weighted by Gasteiger charge is 2.24. The maximum absolute atomic E-state index is 12.9. The summed E-state index contributed by atoms with van der Waals surface area (Å²) >= 11 is 0. The van der Waals surface area contributed by atoms with Crippen molar-refractivity contribution in [2.24, 2.45) is 0 Å². The molecule has 0 saturated carbocycles. The number of carbonyl (C=O) groups is 1. The van der Waals surface area contributed by atoms with Crippen LogP contribution in [0.15, 0.2) is 48.7 Å². The topological polar surface area (TPSA) is 74.2 Å². The molecule has 0 unspecified atom stereocenters. The predicted molar refractivity (Wildman–Crippen MR) is 118 cm³/mol. The average molecular weight is 403 g/mol. The van der Waals surface area contributed by atoms with Crippen LogP contribution >= 0.6 is 0 Å². The van der Waals surface area contributed by atoms with Crippen molar-refractivity contribution in [2.75, 3.05) is 36.4 Å². The van der Waals surface area contributed by atoms with Crippen LogP contribution in [0.25, 0.3) is 0 Å². The molecule has 7 heteroatoms. The molecule has 1 amide bonds. The molecule has 1 N–H and O–H groups in total. The van der Waals surface area contributed by atoms with Crippen LogP contribution in [0.1, 0.15) is 27.0 Å². The fourth-order valence-corrected chi connectivity index (χ4v) is 3.51. The average Bonchev–Trinajstić information content (AvgIpc) is 2.77. The van der Waals surface area contributed by atoms with Crippen LogP contribution in [-0.2, 0) is 0 Å². The summed E-state index contributed by atoms with van der Waals surface area (Å²) < 4.78 is 0. The van der Waals surface area contributed by atoms with Crippen molar-refractivity contribution in [2.45, 2.75) is 20.8 Å². The molecular formula is C23H26N6O. The monoisotopic (exact) mass is 402 g/mol. The van der Waals surface area contributed by atoms with E-state index in [4.69, 9.17) is 0 Å². The quantitative estimate of drug-likeness (QED) is 0.720. The van der Waals surface area contributed by atoms with Crippen molar-refractivity contribution in [1.82, 2.24) is 20.1 Å². The molecule has 1 fully saturated rings. The number of carbonyl (C=O) groups excluding carboxylic acids is 1. The first kappa shape index (κ1) is 19.8. The van der Waals surface area contributed by atoms with Gasteiger partial charge in [0.15, 0.2) is 11.6 Å². The van der Waals surface area contributed by atoms with Crippen molar-refractivity contribution < 1.29 is 4.79 Å². The SMILES string of the molecule is Cc1ccc(Nc2ccc(N3CCN(C(=O)c4cc(C)ccc4C)CC3)nn2)nc1. The van der Waals surface area contributed by atoms with Gasteiger partial charge in [-0.05, 0) is 56.2 Å². The first-order valence-electron chi connectivity index (χ1n) is 10.1.